The molecule has 4 aliphatic rings. The number of urea groups is 1. The second kappa shape index (κ2) is 11.9. The summed E-state index contributed by atoms with van der Waals surface area (Å²) in [5.74, 6) is 0.229. The zero-order valence-corrected chi connectivity index (χ0v) is 28.2. The van der Waals surface area contributed by atoms with Crippen molar-refractivity contribution >= 4 is 34.4 Å². The Morgan fingerprint density at radius 2 is 1.45 bits per heavy atom. The molecule has 2 aromatic carbocycles. The summed E-state index contributed by atoms with van der Waals surface area (Å²) in [5, 5.41) is 0.368. The lowest BCUT2D eigenvalue weighted by atomic mass is 9.51. The average Bonchev–Trinajstić information content (AvgIpc) is 3.69. The Morgan fingerprint density at radius 1 is 0.837 bits per heavy atom. The van der Waals surface area contributed by atoms with Crippen molar-refractivity contribution in [1.29, 1.82) is 0 Å². The summed E-state index contributed by atoms with van der Waals surface area (Å²) < 4.78 is 3.24. The highest BCUT2D eigenvalue weighted by Crippen LogP contribution is 2.61. The number of likely N-dealkylation sites (N-methyl/N-ethyl adjacent to an activating group) is 2. The van der Waals surface area contributed by atoms with Gasteiger partial charge in [-0.1, -0.05) is 73.5 Å². The number of nitrogens with zero attached hydrogens (tertiary/aromatic N) is 6. The van der Waals surface area contributed by atoms with Crippen LogP contribution in [-0.4, -0.2) is 61.2 Å². The number of amides is 3. The normalized spacial score (nSPS) is 25.5. The van der Waals surface area contributed by atoms with Crippen LogP contribution in [0.1, 0.15) is 81.4 Å². The highest BCUT2D eigenvalue weighted by atomic mass is 16.2. The van der Waals surface area contributed by atoms with Crippen LogP contribution in [0.3, 0.4) is 0 Å². The van der Waals surface area contributed by atoms with Crippen LogP contribution in [0, 0.1) is 11.3 Å². The molecule has 10 heteroatoms. The fraction of sp³-hybridized carbons (Fsp3) is 0.436. The molecule has 4 fully saturated rings. The number of carbonyl (C=O) groups excluding carboxylic acids is 2. The van der Waals surface area contributed by atoms with E-state index in [1.807, 2.05) is 60.7 Å². The molecule has 0 bridgehead atoms. The van der Waals surface area contributed by atoms with E-state index < -0.39 is 5.54 Å². The Balaban J connectivity index is 1.21. The van der Waals surface area contributed by atoms with Crippen molar-refractivity contribution in [3.8, 4) is 0 Å². The van der Waals surface area contributed by atoms with Crippen molar-refractivity contribution in [2.24, 2.45) is 16.3 Å². The molecule has 2 aromatic heterocycles. The molecule has 0 N–H and O–H groups in total. The van der Waals surface area contributed by atoms with Crippen LogP contribution in [0.25, 0.3) is 11.0 Å². The van der Waals surface area contributed by atoms with Crippen LogP contribution < -0.4 is 11.2 Å². The maximum Gasteiger partial charge on any atom is 0.332 e. The molecule has 0 atom stereocenters. The molecule has 4 aromatic rings. The Bertz CT molecular complexity index is 2040. The van der Waals surface area contributed by atoms with Gasteiger partial charge >= 0.3 is 11.7 Å². The molecule has 252 valence electrons. The number of aromatic nitrogens is 3. The van der Waals surface area contributed by atoms with Gasteiger partial charge in [0.05, 0.1) is 11.4 Å². The van der Waals surface area contributed by atoms with Crippen LogP contribution in [0.4, 0.5) is 10.5 Å². The maximum absolute atomic E-state index is 14.7. The second-order valence-electron chi connectivity index (χ2n) is 14.8. The first-order chi connectivity index (χ1) is 23.7. The number of imide groups is 1. The molecule has 1 saturated heterocycles. The number of hydrogen-bond acceptors (Lipinski definition) is 6. The largest absolute Gasteiger partial charge is 0.332 e. The molecule has 0 unspecified atom stereocenters. The van der Waals surface area contributed by atoms with E-state index in [1.54, 1.807) is 35.8 Å². The second-order valence-corrected chi connectivity index (χ2v) is 14.8. The summed E-state index contributed by atoms with van der Waals surface area (Å²) in [5.41, 5.74) is 1.99. The summed E-state index contributed by atoms with van der Waals surface area (Å²) >= 11 is 0. The van der Waals surface area contributed by atoms with Gasteiger partial charge in [-0.3, -0.25) is 23.6 Å². The van der Waals surface area contributed by atoms with E-state index in [0.29, 0.717) is 54.9 Å². The molecule has 3 heterocycles. The van der Waals surface area contributed by atoms with Crippen molar-refractivity contribution in [2.75, 3.05) is 14.1 Å². The SMILES string of the molecule is CN1C(=O)N(C)C2(CC3(CCC(n4c(=O)c5c(N=C(c6ccccc6)c6ccccc6)ccnc5n(CC5CCCC5)c4=O)CC3)C2)C1=O. The maximum atomic E-state index is 14.7. The quantitative estimate of drug-likeness (QED) is 0.184. The van der Waals surface area contributed by atoms with Gasteiger partial charge in [0.25, 0.3) is 11.5 Å². The highest BCUT2D eigenvalue weighted by molar-refractivity contribution is 6.14. The van der Waals surface area contributed by atoms with Crippen molar-refractivity contribution in [1.82, 2.24) is 23.9 Å². The molecular weight excluding hydrogens is 616 g/mol. The third-order valence-electron chi connectivity index (χ3n) is 11.9. The van der Waals surface area contributed by atoms with Gasteiger partial charge in [-0.05, 0) is 68.8 Å². The standard InChI is InChI=1S/C39H42N6O4/c1-42-35(47)39(43(2)36(42)48)24-38(25-39)20-17-29(18-21-38)45-34(46)31-30(19-22-40-33(31)44(37(45)49)23-26-11-9-10-12-26)41-32(27-13-5-3-6-14-27)28-15-7-4-8-16-28/h3-8,13-16,19,22,26,29H,9-12,17-18,20-21,23-25H2,1-2H3. The number of benzene rings is 2. The van der Waals surface area contributed by atoms with Crippen LogP contribution in [0.2, 0.25) is 0 Å². The third-order valence-corrected chi connectivity index (χ3v) is 11.9. The Kier molecular flexibility index (Phi) is 7.65. The number of fused-ring (bicyclic) bond motifs is 1. The van der Waals surface area contributed by atoms with E-state index >= 15 is 0 Å². The summed E-state index contributed by atoms with van der Waals surface area (Å²) in [6.07, 6.45) is 10.2. The van der Waals surface area contributed by atoms with E-state index in [-0.39, 0.29) is 34.6 Å². The fourth-order valence-corrected chi connectivity index (χ4v) is 9.27. The van der Waals surface area contributed by atoms with Gasteiger partial charge < -0.3 is 4.90 Å². The first-order valence-electron chi connectivity index (χ1n) is 17.6. The van der Waals surface area contributed by atoms with Crippen LogP contribution in [0.5, 0.6) is 0 Å². The minimum absolute atomic E-state index is 0.0769. The Morgan fingerprint density at radius 3 is 2.02 bits per heavy atom. The van der Waals surface area contributed by atoms with Crippen LogP contribution >= 0.6 is 0 Å². The molecule has 49 heavy (non-hydrogen) atoms. The van der Waals surface area contributed by atoms with Crippen molar-refractivity contribution in [3.05, 3.63) is 105 Å². The highest BCUT2D eigenvalue weighted by Gasteiger charge is 2.66. The van der Waals surface area contributed by atoms with E-state index in [4.69, 9.17) is 4.99 Å². The Labute approximate surface area is 285 Å². The van der Waals surface area contributed by atoms with E-state index in [9.17, 15) is 19.2 Å². The smallest absolute Gasteiger partial charge is 0.313 e. The van der Waals surface area contributed by atoms with Gasteiger partial charge in [-0.25, -0.2) is 19.6 Å². The Hall–Kier alpha value is -4.86. The van der Waals surface area contributed by atoms with Gasteiger partial charge in [0.2, 0.25) is 0 Å². The first kappa shape index (κ1) is 31.4. The summed E-state index contributed by atoms with van der Waals surface area (Å²) in [6, 6.07) is 21.1. The number of rotatable bonds is 6. The van der Waals surface area contributed by atoms with Crippen LogP contribution in [0.15, 0.2) is 87.5 Å². The first-order valence-corrected chi connectivity index (χ1v) is 17.6. The van der Waals surface area contributed by atoms with Gasteiger partial charge in [0.15, 0.2) is 5.65 Å². The molecule has 0 radical (unpaired) electrons. The summed E-state index contributed by atoms with van der Waals surface area (Å²) in [7, 11) is 3.27. The zero-order chi connectivity index (χ0) is 33.9. The third kappa shape index (κ3) is 5.06. The molecule has 3 amide bonds. The number of pyridine rings is 1. The number of hydrogen-bond donors (Lipinski definition) is 0. The number of carbonyl (C=O) groups is 2. The monoisotopic (exact) mass is 658 g/mol. The molecular formula is C39H42N6O4. The topological polar surface area (TPSA) is 110 Å². The average molecular weight is 659 g/mol. The molecule has 2 spiro atoms. The van der Waals surface area contributed by atoms with Crippen molar-refractivity contribution in [2.45, 2.75) is 82.3 Å². The lowest BCUT2D eigenvalue weighted by molar-refractivity contribution is -0.148. The predicted molar refractivity (Wildman–Crippen MR) is 188 cm³/mol. The molecule has 3 saturated carbocycles. The predicted octanol–water partition coefficient (Wildman–Crippen LogP) is 6.08. The molecule has 3 aliphatic carbocycles. The zero-order valence-electron chi connectivity index (χ0n) is 28.2. The summed E-state index contributed by atoms with van der Waals surface area (Å²) in [4.78, 5) is 67.4. The van der Waals surface area contributed by atoms with Crippen molar-refractivity contribution in [3.63, 3.8) is 0 Å². The van der Waals surface area contributed by atoms with Gasteiger partial charge in [0.1, 0.15) is 10.9 Å². The van der Waals surface area contributed by atoms with Crippen molar-refractivity contribution < 1.29 is 9.59 Å². The summed E-state index contributed by atoms with van der Waals surface area (Å²) in [6.45, 7) is 0.523. The minimum atomic E-state index is -0.764. The van der Waals surface area contributed by atoms with Gasteiger partial charge in [-0.15, -0.1) is 0 Å². The molecule has 1 aliphatic heterocycles. The fourth-order valence-electron chi connectivity index (χ4n) is 9.27. The lowest BCUT2D eigenvalue weighted by Gasteiger charge is -2.57. The van der Waals surface area contributed by atoms with E-state index in [2.05, 4.69) is 4.98 Å². The minimum Gasteiger partial charge on any atom is -0.313 e. The van der Waals surface area contributed by atoms with Gasteiger partial charge in [0, 0.05) is 44.0 Å². The number of aliphatic imine (C=N–C) groups is 1. The molecule has 8 rings (SSSR count). The van der Waals surface area contributed by atoms with E-state index in [1.165, 1.54) is 9.47 Å². The van der Waals surface area contributed by atoms with Gasteiger partial charge in [-0.2, -0.15) is 0 Å². The van der Waals surface area contributed by atoms with E-state index in [0.717, 1.165) is 55.4 Å². The molecule has 10 nitrogen and oxygen atoms in total. The lowest BCUT2D eigenvalue weighted by Crippen LogP contribution is -2.63. The van der Waals surface area contributed by atoms with Crippen LogP contribution in [-0.2, 0) is 11.3 Å².